The zero-order valence-corrected chi connectivity index (χ0v) is 14.1. The maximum atomic E-state index is 13.6. The first kappa shape index (κ1) is 18.6. The highest BCUT2D eigenvalue weighted by atomic mass is 19.1. The lowest BCUT2D eigenvalue weighted by molar-refractivity contribution is 0.0935. The summed E-state index contributed by atoms with van der Waals surface area (Å²) in [7, 11) is 0. The fourth-order valence-electron chi connectivity index (χ4n) is 2.18. The van der Waals surface area contributed by atoms with Crippen molar-refractivity contribution in [2.24, 2.45) is 0 Å². The van der Waals surface area contributed by atoms with E-state index in [-0.39, 0.29) is 24.1 Å². The van der Waals surface area contributed by atoms with Gasteiger partial charge in [-0.2, -0.15) is 0 Å². The number of nitrogens with one attached hydrogen (secondary N) is 2. The van der Waals surface area contributed by atoms with Crippen LogP contribution in [0.3, 0.4) is 0 Å². The van der Waals surface area contributed by atoms with Gasteiger partial charge in [-0.3, -0.25) is 9.59 Å². The second-order valence-corrected chi connectivity index (χ2v) is 5.79. The van der Waals surface area contributed by atoms with Crippen LogP contribution < -0.4 is 10.6 Å². The molecule has 0 spiro atoms. The smallest absolute Gasteiger partial charge is 0.254 e. The summed E-state index contributed by atoms with van der Waals surface area (Å²) in [6.45, 7) is 4.02. The summed E-state index contributed by atoms with van der Waals surface area (Å²) in [5.74, 6) is -2.49. The van der Waals surface area contributed by atoms with Crippen LogP contribution in [-0.2, 0) is 6.54 Å². The Morgan fingerprint density at radius 3 is 2.52 bits per heavy atom. The fraction of sp³-hybridized carbons (Fsp3) is 0.263. The molecular formula is C19H20F2N2O2. The van der Waals surface area contributed by atoms with Crippen LogP contribution in [0, 0.1) is 11.6 Å². The van der Waals surface area contributed by atoms with Crippen LogP contribution in [0.25, 0.3) is 0 Å². The van der Waals surface area contributed by atoms with E-state index in [0.29, 0.717) is 17.2 Å². The number of hydrogen-bond acceptors (Lipinski definition) is 2. The predicted octanol–water partition coefficient (Wildman–Crippen LogP) is 3.42. The van der Waals surface area contributed by atoms with Gasteiger partial charge in [-0.05, 0) is 43.2 Å². The summed E-state index contributed by atoms with van der Waals surface area (Å²) in [6.07, 6.45) is 0.824. The van der Waals surface area contributed by atoms with Gasteiger partial charge in [0.15, 0.2) is 0 Å². The molecule has 0 saturated carbocycles. The van der Waals surface area contributed by atoms with Gasteiger partial charge in [0.25, 0.3) is 11.8 Å². The molecular weight excluding hydrogens is 326 g/mol. The van der Waals surface area contributed by atoms with E-state index in [1.807, 2.05) is 13.8 Å². The lowest BCUT2D eigenvalue weighted by atomic mass is 10.1. The summed E-state index contributed by atoms with van der Waals surface area (Å²) < 4.78 is 26.5. The van der Waals surface area contributed by atoms with Gasteiger partial charge in [0.1, 0.15) is 11.6 Å². The highest BCUT2D eigenvalue weighted by molar-refractivity contribution is 5.95. The molecule has 0 radical (unpaired) electrons. The molecule has 0 fully saturated rings. The molecule has 2 N–H and O–H groups in total. The Hall–Kier alpha value is -2.76. The standard InChI is InChI=1S/C19H20F2N2O2/c1-3-12(2)23-18(24)14-6-4-5-13(9-14)11-22-19(25)16-8-7-15(20)10-17(16)21/h4-10,12H,3,11H2,1-2H3,(H,22,25)(H,23,24)/t12-/m0/s1. The first-order chi connectivity index (χ1) is 11.9. The van der Waals surface area contributed by atoms with Crippen molar-refractivity contribution in [2.75, 3.05) is 0 Å². The van der Waals surface area contributed by atoms with Gasteiger partial charge in [0.2, 0.25) is 0 Å². The number of carbonyl (C=O) groups excluding carboxylic acids is 2. The van der Waals surface area contributed by atoms with Gasteiger partial charge in [-0.25, -0.2) is 8.78 Å². The molecule has 132 valence electrons. The predicted molar refractivity (Wildman–Crippen MR) is 91.2 cm³/mol. The van der Waals surface area contributed by atoms with Gasteiger partial charge < -0.3 is 10.6 Å². The van der Waals surface area contributed by atoms with Crippen molar-refractivity contribution in [3.63, 3.8) is 0 Å². The molecule has 2 rings (SSSR count). The highest BCUT2D eigenvalue weighted by Crippen LogP contribution is 2.10. The number of amides is 2. The van der Waals surface area contributed by atoms with Crippen LogP contribution in [0.4, 0.5) is 8.78 Å². The van der Waals surface area contributed by atoms with E-state index < -0.39 is 17.5 Å². The third-order valence-corrected chi connectivity index (χ3v) is 3.81. The SMILES string of the molecule is CC[C@H](C)NC(=O)c1cccc(CNC(=O)c2ccc(F)cc2F)c1. The van der Waals surface area contributed by atoms with E-state index in [1.165, 1.54) is 0 Å². The lowest BCUT2D eigenvalue weighted by Gasteiger charge is -2.12. The van der Waals surface area contributed by atoms with Crippen molar-refractivity contribution in [3.05, 3.63) is 70.8 Å². The molecule has 0 unspecified atom stereocenters. The Balaban J connectivity index is 2.02. The Bertz CT molecular complexity index is 778. The monoisotopic (exact) mass is 346 g/mol. The van der Waals surface area contributed by atoms with Crippen LogP contribution in [0.5, 0.6) is 0 Å². The number of hydrogen-bond donors (Lipinski definition) is 2. The van der Waals surface area contributed by atoms with Gasteiger partial charge in [0.05, 0.1) is 5.56 Å². The lowest BCUT2D eigenvalue weighted by Crippen LogP contribution is -2.32. The molecule has 6 heteroatoms. The van der Waals surface area contributed by atoms with Crippen LogP contribution in [0.1, 0.15) is 46.5 Å². The number of benzene rings is 2. The van der Waals surface area contributed by atoms with Crippen molar-refractivity contribution in [2.45, 2.75) is 32.9 Å². The third kappa shape index (κ3) is 5.11. The minimum atomic E-state index is -0.917. The van der Waals surface area contributed by atoms with Gasteiger partial charge in [-0.1, -0.05) is 19.1 Å². The molecule has 0 aromatic heterocycles. The number of halogens is 2. The maximum Gasteiger partial charge on any atom is 0.254 e. The maximum absolute atomic E-state index is 13.6. The Labute approximate surface area is 145 Å². The second-order valence-electron chi connectivity index (χ2n) is 5.79. The van der Waals surface area contributed by atoms with E-state index in [2.05, 4.69) is 10.6 Å². The molecule has 4 nitrogen and oxygen atoms in total. The van der Waals surface area contributed by atoms with Gasteiger partial charge in [0, 0.05) is 24.2 Å². The molecule has 1 atom stereocenters. The summed E-state index contributed by atoms with van der Waals surface area (Å²) >= 11 is 0. The summed E-state index contributed by atoms with van der Waals surface area (Å²) in [5.41, 5.74) is 0.958. The number of rotatable bonds is 6. The highest BCUT2D eigenvalue weighted by Gasteiger charge is 2.13. The largest absolute Gasteiger partial charge is 0.350 e. The van der Waals surface area contributed by atoms with E-state index in [4.69, 9.17) is 0 Å². The molecule has 2 aromatic rings. The minimum absolute atomic E-state index is 0.0670. The van der Waals surface area contributed by atoms with E-state index in [0.717, 1.165) is 18.6 Å². The topological polar surface area (TPSA) is 58.2 Å². The first-order valence-corrected chi connectivity index (χ1v) is 8.03. The van der Waals surface area contributed by atoms with Crippen molar-refractivity contribution in [1.29, 1.82) is 0 Å². The first-order valence-electron chi connectivity index (χ1n) is 8.03. The fourth-order valence-corrected chi connectivity index (χ4v) is 2.18. The second kappa shape index (κ2) is 8.37. The molecule has 0 bridgehead atoms. The molecule has 0 saturated heterocycles. The van der Waals surface area contributed by atoms with E-state index >= 15 is 0 Å². The molecule has 0 aliphatic heterocycles. The van der Waals surface area contributed by atoms with Gasteiger partial charge >= 0.3 is 0 Å². The molecule has 0 aliphatic rings. The van der Waals surface area contributed by atoms with E-state index in [9.17, 15) is 18.4 Å². The van der Waals surface area contributed by atoms with Crippen LogP contribution in [0.2, 0.25) is 0 Å². The summed E-state index contributed by atoms with van der Waals surface area (Å²) in [4.78, 5) is 24.1. The van der Waals surface area contributed by atoms with Crippen LogP contribution in [0.15, 0.2) is 42.5 Å². The zero-order valence-electron chi connectivity index (χ0n) is 14.1. The van der Waals surface area contributed by atoms with Gasteiger partial charge in [-0.15, -0.1) is 0 Å². The molecule has 0 heterocycles. The van der Waals surface area contributed by atoms with E-state index in [1.54, 1.807) is 24.3 Å². The van der Waals surface area contributed by atoms with Crippen molar-refractivity contribution in [3.8, 4) is 0 Å². The quantitative estimate of drug-likeness (QED) is 0.842. The summed E-state index contributed by atoms with van der Waals surface area (Å²) in [5, 5.41) is 5.43. The summed E-state index contributed by atoms with van der Waals surface area (Å²) in [6, 6.07) is 9.66. The molecule has 25 heavy (non-hydrogen) atoms. The van der Waals surface area contributed by atoms with Crippen molar-refractivity contribution < 1.29 is 18.4 Å². The average molecular weight is 346 g/mol. The third-order valence-electron chi connectivity index (χ3n) is 3.81. The Kier molecular flexibility index (Phi) is 6.22. The Morgan fingerprint density at radius 2 is 1.84 bits per heavy atom. The van der Waals surface area contributed by atoms with Crippen LogP contribution >= 0.6 is 0 Å². The minimum Gasteiger partial charge on any atom is -0.350 e. The number of carbonyl (C=O) groups is 2. The van der Waals surface area contributed by atoms with Crippen molar-refractivity contribution in [1.82, 2.24) is 10.6 Å². The molecule has 2 aromatic carbocycles. The average Bonchev–Trinajstić information content (AvgIpc) is 2.59. The zero-order chi connectivity index (χ0) is 18.4. The Morgan fingerprint density at radius 1 is 1.08 bits per heavy atom. The normalized spacial score (nSPS) is 11.7. The van der Waals surface area contributed by atoms with Crippen LogP contribution in [-0.4, -0.2) is 17.9 Å². The van der Waals surface area contributed by atoms with Crippen molar-refractivity contribution >= 4 is 11.8 Å². The molecule has 2 amide bonds. The molecule has 0 aliphatic carbocycles.